The topological polar surface area (TPSA) is 93.6 Å². The van der Waals surface area contributed by atoms with Crippen molar-refractivity contribution in [2.45, 2.75) is 44.4 Å². The van der Waals surface area contributed by atoms with Crippen molar-refractivity contribution in [3.63, 3.8) is 0 Å². The van der Waals surface area contributed by atoms with E-state index >= 15 is 0 Å². The number of aliphatic hydroxyl groups is 1. The van der Waals surface area contributed by atoms with Gasteiger partial charge in [0.05, 0.1) is 18.2 Å². The van der Waals surface area contributed by atoms with Gasteiger partial charge in [-0.2, -0.15) is 0 Å². The summed E-state index contributed by atoms with van der Waals surface area (Å²) >= 11 is 0. The summed E-state index contributed by atoms with van der Waals surface area (Å²) in [6.45, 7) is 5.13. The lowest BCUT2D eigenvalue weighted by Gasteiger charge is -2.40. The number of benzene rings is 1. The molecule has 0 aliphatic carbocycles. The van der Waals surface area contributed by atoms with Crippen molar-refractivity contribution < 1.29 is 24.2 Å². The van der Waals surface area contributed by atoms with Crippen LogP contribution in [0.25, 0.3) is 0 Å². The molecule has 0 saturated carbocycles. The van der Waals surface area contributed by atoms with Crippen LogP contribution in [-0.2, 0) is 9.59 Å². The minimum Gasteiger partial charge on any atom is -0.491 e. The molecule has 1 aromatic rings. The number of carbonyl (C=O) groups is 3. The Hall–Kier alpha value is -2.65. The molecule has 2 fully saturated rings. The number of hydrogen-bond donors (Lipinski definition) is 1. The highest BCUT2D eigenvalue weighted by atomic mass is 16.5. The highest BCUT2D eigenvalue weighted by molar-refractivity contribution is 5.94. The van der Waals surface area contributed by atoms with E-state index in [2.05, 4.69) is 4.90 Å². The van der Waals surface area contributed by atoms with E-state index in [9.17, 15) is 19.5 Å². The van der Waals surface area contributed by atoms with Crippen LogP contribution < -0.4 is 4.74 Å². The molecule has 0 radical (unpaired) electrons. The van der Waals surface area contributed by atoms with Crippen molar-refractivity contribution in [3.8, 4) is 5.75 Å². The molecule has 3 aliphatic rings. The Kier molecular flexibility index (Phi) is 7.19. The molecule has 33 heavy (non-hydrogen) atoms. The summed E-state index contributed by atoms with van der Waals surface area (Å²) in [6, 6.07) is 6.54. The minimum absolute atomic E-state index is 0.00350. The monoisotopic (exact) mass is 458 g/mol. The third-order valence-electron chi connectivity index (χ3n) is 7.00. The number of nitrogens with zero attached hydrogens (tertiary/aromatic N) is 4. The summed E-state index contributed by atoms with van der Waals surface area (Å²) in [5.74, 6) is 0.553. The van der Waals surface area contributed by atoms with Gasteiger partial charge in [-0.1, -0.05) is 6.07 Å². The molecule has 0 unspecified atom stereocenters. The molecule has 3 aliphatic heterocycles. The molecule has 1 aromatic carbocycles. The Morgan fingerprint density at radius 3 is 2.61 bits per heavy atom. The predicted molar refractivity (Wildman–Crippen MR) is 122 cm³/mol. The molecule has 2 saturated heterocycles. The minimum atomic E-state index is -0.576. The Morgan fingerprint density at radius 2 is 1.88 bits per heavy atom. The summed E-state index contributed by atoms with van der Waals surface area (Å²) in [6.07, 6.45) is 1.19. The second-order valence-electron chi connectivity index (χ2n) is 9.30. The zero-order chi connectivity index (χ0) is 23.5. The number of hydrogen-bond acceptors (Lipinski definition) is 6. The van der Waals surface area contributed by atoms with Crippen LogP contribution in [0.1, 0.15) is 36.5 Å². The summed E-state index contributed by atoms with van der Waals surface area (Å²) in [5.41, 5.74) is 0.573. The van der Waals surface area contributed by atoms with Crippen molar-refractivity contribution in [1.82, 2.24) is 19.6 Å². The molecule has 3 amide bonds. The van der Waals surface area contributed by atoms with E-state index in [1.165, 1.54) is 0 Å². The average molecular weight is 459 g/mol. The van der Waals surface area contributed by atoms with Crippen molar-refractivity contribution in [2.75, 3.05) is 52.9 Å². The van der Waals surface area contributed by atoms with E-state index in [0.717, 1.165) is 0 Å². The highest BCUT2D eigenvalue weighted by Gasteiger charge is 2.40. The third-order valence-corrected chi connectivity index (χ3v) is 7.00. The fraction of sp³-hybridized carbons (Fsp3) is 0.625. The lowest BCUT2D eigenvalue weighted by atomic mass is 10.0. The van der Waals surface area contributed by atoms with Crippen LogP contribution in [0.15, 0.2) is 24.3 Å². The van der Waals surface area contributed by atoms with Crippen molar-refractivity contribution in [1.29, 1.82) is 0 Å². The number of fused-ring (bicyclic) bond motifs is 3. The summed E-state index contributed by atoms with van der Waals surface area (Å²) in [7, 11) is 1.77. The van der Waals surface area contributed by atoms with E-state index < -0.39 is 6.10 Å². The lowest BCUT2D eigenvalue weighted by Crippen LogP contribution is -2.57. The molecule has 1 N–H and O–H groups in total. The van der Waals surface area contributed by atoms with Crippen LogP contribution in [0.3, 0.4) is 0 Å². The summed E-state index contributed by atoms with van der Waals surface area (Å²) < 4.78 is 5.97. The van der Waals surface area contributed by atoms with E-state index in [-0.39, 0.29) is 36.4 Å². The van der Waals surface area contributed by atoms with Gasteiger partial charge in [-0.3, -0.25) is 19.3 Å². The Labute approximate surface area is 194 Å². The van der Waals surface area contributed by atoms with E-state index in [1.54, 1.807) is 52.9 Å². The first-order chi connectivity index (χ1) is 15.8. The van der Waals surface area contributed by atoms with Crippen molar-refractivity contribution in [3.05, 3.63) is 29.8 Å². The second kappa shape index (κ2) is 10.1. The van der Waals surface area contributed by atoms with Gasteiger partial charge < -0.3 is 24.5 Å². The van der Waals surface area contributed by atoms with Gasteiger partial charge in [-0.15, -0.1) is 0 Å². The first kappa shape index (κ1) is 23.5. The molecule has 4 rings (SSSR count). The predicted octanol–water partition coefficient (Wildman–Crippen LogP) is 0.426. The van der Waals surface area contributed by atoms with Crippen LogP contribution >= 0.6 is 0 Å². The van der Waals surface area contributed by atoms with Crippen LogP contribution in [0.2, 0.25) is 0 Å². The maximum absolute atomic E-state index is 13.7. The standard InChI is InChI=1S/C24H34N4O5/c1-17(29)26-9-11-27(12-10-26)22-7-4-8-25(2)23(31)18-5-3-6-21(13-18)33-16-19-14-20(30)15-28(19)24(22)32/h3,5-6,13,19-20,22,30H,4,7-12,14-16H2,1-2H3/t19-,20-,22-/m0/s1. The summed E-state index contributed by atoms with van der Waals surface area (Å²) in [4.78, 5) is 45.8. The van der Waals surface area contributed by atoms with Crippen LogP contribution in [0, 0.1) is 0 Å². The van der Waals surface area contributed by atoms with Gasteiger partial charge in [-0.25, -0.2) is 0 Å². The van der Waals surface area contributed by atoms with Crippen molar-refractivity contribution >= 4 is 17.7 Å². The molecule has 3 heterocycles. The molecule has 2 bridgehead atoms. The van der Waals surface area contributed by atoms with Gasteiger partial charge in [-0.05, 0) is 37.5 Å². The maximum atomic E-state index is 13.7. The Morgan fingerprint density at radius 1 is 1.12 bits per heavy atom. The van der Waals surface area contributed by atoms with E-state index in [4.69, 9.17) is 4.74 Å². The fourth-order valence-electron chi connectivity index (χ4n) is 5.08. The first-order valence-corrected chi connectivity index (χ1v) is 11.8. The molecular formula is C24H34N4O5. The van der Waals surface area contributed by atoms with Gasteiger partial charge in [0.25, 0.3) is 5.91 Å². The van der Waals surface area contributed by atoms with Crippen LogP contribution in [0.5, 0.6) is 5.75 Å². The number of rotatable bonds is 1. The molecule has 9 heteroatoms. The zero-order valence-electron chi connectivity index (χ0n) is 19.5. The smallest absolute Gasteiger partial charge is 0.253 e. The first-order valence-electron chi connectivity index (χ1n) is 11.8. The molecule has 180 valence electrons. The summed E-state index contributed by atoms with van der Waals surface area (Å²) in [5, 5.41) is 10.3. The quantitative estimate of drug-likeness (QED) is 0.656. The molecule has 0 spiro atoms. The Bertz CT molecular complexity index is 885. The van der Waals surface area contributed by atoms with Gasteiger partial charge in [0.2, 0.25) is 11.8 Å². The SMILES string of the molecule is CC(=O)N1CCN([C@H]2CCCN(C)C(=O)c3cccc(c3)OC[C@@H]3C[C@H](O)CN3C2=O)CC1. The van der Waals surface area contributed by atoms with Gasteiger partial charge in [0.15, 0.2) is 0 Å². The second-order valence-corrected chi connectivity index (χ2v) is 9.30. The average Bonchev–Trinajstić information content (AvgIpc) is 3.19. The van der Waals surface area contributed by atoms with Crippen LogP contribution in [-0.4, -0.2) is 114 Å². The number of aliphatic hydroxyl groups excluding tert-OH is 1. The number of carbonyl (C=O) groups excluding carboxylic acids is 3. The normalized spacial score (nSPS) is 27.7. The zero-order valence-corrected chi connectivity index (χ0v) is 19.5. The Balaban J connectivity index is 1.57. The molecule has 9 nitrogen and oxygen atoms in total. The molecular weight excluding hydrogens is 424 g/mol. The van der Waals surface area contributed by atoms with Gasteiger partial charge in [0, 0.05) is 58.8 Å². The maximum Gasteiger partial charge on any atom is 0.253 e. The largest absolute Gasteiger partial charge is 0.491 e. The van der Waals surface area contributed by atoms with Crippen LogP contribution in [0.4, 0.5) is 0 Å². The van der Waals surface area contributed by atoms with Gasteiger partial charge in [0.1, 0.15) is 12.4 Å². The van der Waals surface area contributed by atoms with Crippen molar-refractivity contribution in [2.24, 2.45) is 0 Å². The lowest BCUT2D eigenvalue weighted by molar-refractivity contribution is -0.140. The van der Waals surface area contributed by atoms with Gasteiger partial charge >= 0.3 is 0 Å². The molecule has 0 aromatic heterocycles. The number of ether oxygens (including phenoxy) is 1. The fourth-order valence-corrected chi connectivity index (χ4v) is 5.08. The molecule has 3 atom stereocenters. The highest BCUT2D eigenvalue weighted by Crippen LogP contribution is 2.25. The number of piperazine rings is 1. The van der Waals surface area contributed by atoms with E-state index in [0.29, 0.717) is 69.8 Å². The number of amides is 3. The third kappa shape index (κ3) is 5.30. The van der Waals surface area contributed by atoms with E-state index in [1.807, 2.05) is 0 Å².